The van der Waals surface area contributed by atoms with Crippen molar-refractivity contribution < 1.29 is 0 Å². The molecule has 206 valence electrons. The molecule has 5 aromatic carbocycles. The van der Waals surface area contributed by atoms with Crippen molar-refractivity contribution in [3.05, 3.63) is 204 Å². The monoisotopic (exact) mass is 550 g/mol. The van der Waals surface area contributed by atoms with Crippen LogP contribution in [0.3, 0.4) is 0 Å². The van der Waals surface area contributed by atoms with Gasteiger partial charge in [0.1, 0.15) is 0 Å². The van der Waals surface area contributed by atoms with Gasteiger partial charge in [-0.3, -0.25) is 0 Å². The molecule has 1 unspecified atom stereocenters. The molecule has 0 fully saturated rings. The van der Waals surface area contributed by atoms with E-state index in [9.17, 15) is 0 Å². The summed E-state index contributed by atoms with van der Waals surface area (Å²) in [5.41, 5.74) is 12.1. The van der Waals surface area contributed by atoms with Gasteiger partial charge in [-0.05, 0) is 91.4 Å². The lowest BCUT2D eigenvalue weighted by molar-refractivity contribution is 0.646. The fourth-order valence-electron chi connectivity index (χ4n) is 6.69. The molecule has 0 N–H and O–H groups in total. The summed E-state index contributed by atoms with van der Waals surface area (Å²) in [6, 6.07) is 40.1. The highest BCUT2D eigenvalue weighted by molar-refractivity contribution is 5.95. The minimum Gasteiger partial charge on any atom is -0.0946 e. The zero-order valence-corrected chi connectivity index (χ0v) is 24.3. The largest absolute Gasteiger partial charge is 0.0946 e. The lowest BCUT2D eigenvalue weighted by atomic mass is 9.69. The van der Waals surface area contributed by atoms with E-state index in [0.717, 1.165) is 24.0 Å². The summed E-state index contributed by atoms with van der Waals surface area (Å²) in [5, 5.41) is 2.52. The molecule has 0 saturated carbocycles. The van der Waals surface area contributed by atoms with Crippen molar-refractivity contribution >= 4 is 10.8 Å². The molecule has 1 spiro atoms. The minimum atomic E-state index is -0.352. The topological polar surface area (TPSA) is 0 Å². The Morgan fingerprint density at radius 3 is 1.95 bits per heavy atom. The highest BCUT2D eigenvalue weighted by atomic mass is 14.5. The number of rotatable bonds is 3. The van der Waals surface area contributed by atoms with Gasteiger partial charge in [-0.25, -0.2) is 0 Å². The van der Waals surface area contributed by atoms with Gasteiger partial charge in [-0.1, -0.05) is 159 Å². The molecule has 0 heterocycles. The predicted octanol–water partition coefficient (Wildman–Crippen LogP) is 11.1. The van der Waals surface area contributed by atoms with Crippen molar-refractivity contribution in [1.82, 2.24) is 0 Å². The van der Waals surface area contributed by atoms with E-state index in [1.807, 2.05) is 12.2 Å². The molecule has 0 radical (unpaired) electrons. The summed E-state index contributed by atoms with van der Waals surface area (Å²) < 4.78 is 0. The second-order valence-electron chi connectivity index (χ2n) is 11.6. The number of benzene rings is 5. The second-order valence-corrected chi connectivity index (χ2v) is 11.6. The molecule has 0 bridgehead atoms. The van der Waals surface area contributed by atoms with Gasteiger partial charge in [0.05, 0.1) is 0 Å². The van der Waals surface area contributed by atoms with Gasteiger partial charge < -0.3 is 0 Å². The summed E-state index contributed by atoms with van der Waals surface area (Å²) in [4.78, 5) is 0. The van der Waals surface area contributed by atoms with E-state index >= 15 is 0 Å². The summed E-state index contributed by atoms with van der Waals surface area (Å²) in [5.74, 6) is 0. The third-order valence-corrected chi connectivity index (χ3v) is 8.90. The highest BCUT2D eigenvalue weighted by Crippen LogP contribution is 2.56. The van der Waals surface area contributed by atoms with Gasteiger partial charge in [0.2, 0.25) is 0 Å². The molecule has 7 rings (SSSR count). The highest BCUT2D eigenvalue weighted by Gasteiger charge is 2.44. The Morgan fingerprint density at radius 1 is 0.535 bits per heavy atom. The smallest absolute Gasteiger partial charge is 0.0492 e. The first-order chi connectivity index (χ1) is 21.1. The Labute approximate surface area is 255 Å². The third kappa shape index (κ3) is 4.96. The maximum absolute atomic E-state index is 4.70. The van der Waals surface area contributed by atoms with Crippen molar-refractivity contribution in [2.45, 2.75) is 18.3 Å². The zero-order chi connectivity index (χ0) is 29.2. The fraction of sp³-hybridized carbons (Fsp3) is 0.0698. The Balaban J connectivity index is 1.34. The molecule has 0 nitrogen and oxygen atoms in total. The molecule has 2 aliphatic carbocycles. The number of hydrogen-bond acceptors (Lipinski definition) is 0. The zero-order valence-electron chi connectivity index (χ0n) is 24.3. The van der Waals surface area contributed by atoms with Gasteiger partial charge in [-0.15, -0.1) is 0 Å². The van der Waals surface area contributed by atoms with E-state index in [-0.39, 0.29) is 5.41 Å². The Bertz CT molecular complexity index is 1980. The summed E-state index contributed by atoms with van der Waals surface area (Å²) in [7, 11) is 0. The van der Waals surface area contributed by atoms with Crippen LogP contribution >= 0.6 is 0 Å². The van der Waals surface area contributed by atoms with Gasteiger partial charge in [0, 0.05) is 5.41 Å². The summed E-state index contributed by atoms with van der Waals surface area (Å²) >= 11 is 0. The first-order valence-corrected chi connectivity index (χ1v) is 15.0. The van der Waals surface area contributed by atoms with Gasteiger partial charge in [0.25, 0.3) is 0 Å². The first-order valence-electron chi connectivity index (χ1n) is 15.0. The van der Waals surface area contributed by atoms with Crippen LogP contribution in [0.25, 0.3) is 33.0 Å². The molecule has 43 heavy (non-hydrogen) atoms. The van der Waals surface area contributed by atoms with Crippen LogP contribution in [-0.4, -0.2) is 0 Å². The third-order valence-electron chi connectivity index (χ3n) is 8.90. The van der Waals surface area contributed by atoms with Gasteiger partial charge in [-0.2, -0.15) is 0 Å². The van der Waals surface area contributed by atoms with E-state index in [2.05, 4.69) is 152 Å². The molecule has 0 amide bonds. The molecule has 1 atom stereocenters. The van der Waals surface area contributed by atoms with Crippen molar-refractivity contribution in [2.75, 3.05) is 0 Å². The lowest BCUT2D eigenvalue weighted by Gasteiger charge is -2.32. The van der Waals surface area contributed by atoms with Crippen molar-refractivity contribution in [2.24, 2.45) is 0 Å². The standard InChI is InChI=1S/C43H34/c1-31-13-5-4-12-26-43(32(2)15-9-8-14-31)41-25-22-34(27-33-20-23-36(24-21-33)35-16-6-3-7-17-35)28-39(41)40-29-37-18-10-11-19-38(37)30-42(40)43/h3-25,28-30H,1-2,26-27H2/b12-4-,13-5-,14-8-,15-9-. The average Bonchev–Trinajstić information content (AvgIpc) is 3.31. The molecule has 2 aliphatic rings. The fourth-order valence-corrected chi connectivity index (χ4v) is 6.69. The van der Waals surface area contributed by atoms with E-state index in [4.69, 9.17) is 6.58 Å². The van der Waals surface area contributed by atoms with E-state index in [1.165, 1.54) is 55.3 Å². The quantitative estimate of drug-likeness (QED) is 0.210. The van der Waals surface area contributed by atoms with Crippen LogP contribution in [0.1, 0.15) is 28.7 Å². The number of allylic oxidation sites excluding steroid dienone is 10. The van der Waals surface area contributed by atoms with Crippen LogP contribution in [-0.2, 0) is 11.8 Å². The van der Waals surface area contributed by atoms with E-state index < -0.39 is 0 Å². The molecule has 0 saturated heterocycles. The number of fused-ring (bicyclic) bond motifs is 6. The van der Waals surface area contributed by atoms with Crippen molar-refractivity contribution in [1.29, 1.82) is 0 Å². The van der Waals surface area contributed by atoms with Crippen molar-refractivity contribution in [3.8, 4) is 22.3 Å². The minimum absolute atomic E-state index is 0.352. The molecular formula is C43H34. The Morgan fingerprint density at radius 2 is 1.16 bits per heavy atom. The molecule has 0 aliphatic heterocycles. The van der Waals surface area contributed by atoms with Crippen LogP contribution < -0.4 is 0 Å². The van der Waals surface area contributed by atoms with E-state index in [1.54, 1.807) is 0 Å². The maximum Gasteiger partial charge on any atom is 0.0492 e. The van der Waals surface area contributed by atoms with Crippen LogP contribution in [0.4, 0.5) is 0 Å². The Hall–Kier alpha value is -5.20. The molecule has 0 aromatic heterocycles. The van der Waals surface area contributed by atoms with E-state index in [0.29, 0.717) is 0 Å². The van der Waals surface area contributed by atoms with Crippen LogP contribution in [0.15, 0.2) is 182 Å². The summed E-state index contributed by atoms with van der Waals surface area (Å²) in [6.45, 7) is 8.82. The second kappa shape index (κ2) is 11.2. The molecule has 0 heteroatoms. The van der Waals surface area contributed by atoms with Gasteiger partial charge in [0.15, 0.2) is 0 Å². The Kier molecular flexibility index (Phi) is 6.97. The van der Waals surface area contributed by atoms with Gasteiger partial charge >= 0.3 is 0 Å². The van der Waals surface area contributed by atoms with Crippen LogP contribution in [0, 0.1) is 0 Å². The van der Waals surface area contributed by atoms with Crippen molar-refractivity contribution in [3.63, 3.8) is 0 Å². The lowest BCUT2D eigenvalue weighted by Crippen LogP contribution is -2.26. The van der Waals surface area contributed by atoms with Crippen LogP contribution in [0.2, 0.25) is 0 Å². The number of hydrogen-bond donors (Lipinski definition) is 0. The maximum atomic E-state index is 4.70. The summed E-state index contributed by atoms with van der Waals surface area (Å²) in [6.07, 6.45) is 18.6. The average molecular weight is 551 g/mol. The first kappa shape index (κ1) is 26.7. The predicted molar refractivity (Wildman–Crippen MR) is 184 cm³/mol. The molecular weight excluding hydrogens is 516 g/mol. The normalized spacial score (nSPS) is 20.6. The molecule has 5 aromatic rings. The van der Waals surface area contributed by atoms with Crippen LogP contribution in [0.5, 0.6) is 0 Å². The SMILES string of the molecule is C=C1/C=C\C=C/CC2(C(=C)/C=C\C=C/1)c1ccc(Cc3ccc(-c4ccccc4)cc3)cc1-c1cc3ccccc3cc12.